The zero-order valence-corrected chi connectivity index (χ0v) is 9.15. The number of furan rings is 1. The molecule has 4 heteroatoms. The molecule has 0 fully saturated rings. The van der Waals surface area contributed by atoms with Gasteiger partial charge in [0.25, 0.3) is 0 Å². The van der Waals surface area contributed by atoms with Gasteiger partial charge in [-0.05, 0) is 25.1 Å². The van der Waals surface area contributed by atoms with Crippen LogP contribution in [0.3, 0.4) is 0 Å². The second-order valence-electron chi connectivity index (χ2n) is 2.72. The van der Waals surface area contributed by atoms with Crippen LogP contribution in [0.25, 0.3) is 0 Å². The molecule has 0 atom stereocenters. The van der Waals surface area contributed by atoms with E-state index in [4.69, 9.17) is 4.42 Å². The van der Waals surface area contributed by atoms with Gasteiger partial charge in [-0.3, -0.25) is 4.79 Å². The second kappa shape index (κ2) is 4.02. The highest BCUT2D eigenvalue weighted by Gasteiger charge is 2.05. The Morgan fingerprint density at radius 1 is 1.43 bits per heavy atom. The van der Waals surface area contributed by atoms with Crippen molar-refractivity contribution < 1.29 is 9.21 Å². The predicted octanol–water partition coefficient (Wildman–Crippen LogP) is 3.61. The van der Waals surface area contributed by atoms with Gasteiger partial charge in [-0.25, -0.2) is 0 Å². The first kappa shape index (κ1) is 9.55. The van der Waals surface area contributed by atoms with Crippen LogP contribution in [0.4, 0.5) is 0 Å². The molecule has 0 unspecified atom stereocenters. The number of carbonyl (C=O) groups excluding carboxylic acids is 1. The SMILES string of the molecule is Cc1occc1Sc1ccc(C=O)s1. The van der Waals surface area contributed by atoms with E-state index in [9.17, 15) is 4.79 Å². The molecule has 0 aliphatic rings. The van der Waals surface area contributed by atoms with E-state index in [2.05, 4.69) is 0 Å². The van der Waals surface area contributed by atoms with Crippen molar-refractivity contribution in [3.05, 3.63) is 35.1 Å². The number of aryl methyl sites for hydroxylation is 1. The molecule has 0 spiro atoms. The van der Waals surface area contributed by atoms with Crippen LogP contribution in [0.1, 0.15) is 15.4 Å². The van der Waals surface area contributed by atoms with E-state index in [-0.39, 0.29) is 0 Å². The summed E-state index contributed by atoms with van der Waals surface area (Å²) in [5.41, 5.74) is 0. The van der Waals surface area contributed by atoms with Crippen LogP contribution in [-0.4, -0.2) is 6.29 Å². The van der Waals surface area contributed by atoms with Crippen LogP contribution >= 0.6 is 23.1 Å². The highest BCUT2D eigenvalue weighted by atomic mass is 32.2. The molecule has 14 heavy (non-hydrogen) atoms. The molecule has 2 aromatic rings. The van der Waals surface area contributed by atoms with Gasteiger partial charge in [0.05, 0.1) is 20.2 Å². The highest BCUT2D eigenvalue weighted by Crippen LogP contribution is 2.34. The van der Waals surface area contributed by atoms with Gasteiger partial charge in [-0.15, -0.1) is 11.3 Å². The van der Waals surface area contributed by atoms with Crippen molar-refractivity contribution in [3.63, 3.8) is 0 Å². The number of aldehydes is 1. The first-order chi connectivity index (χ1) is 6.79. The summed E-state index contributed by atoms with van der Waals surface area (Å²) in [4.78, 5) is 12.3. The molecule has 0 saturated heterocycles. The average Bonchev–Trinajstić information content (AvgIpc) is 2.77. The summed E-state index contributed by atoms with van der Waals surface area (Å²) in [6.07, 6.45) is 2.54. The van der Waals surface area contributed by atoms with Crippen molar-refractivity contribution in [2.24, 2.45) is 0 Å². The Bertz CT molecular complexity index is 442. The summed E-state index contributed by atoms with van der Waals surface area (Å²) in [7, 11) is 0. The number of rotatable bonds is 3. The quantitative estimate of drug-likeness (QED) is 0.746. The van der Waals surface area contributed by atoms with Crippen molar-refractivity contribution in [3.8, 4) is 0 Å². The zero-order valence-electron chi connectivity index (χ0n) is 7.52. The van der Waals surface area contributed by atoms with E-state index in [0.717, 1.165) is 26.0 Å². The summed E-state index contributed by atoms with van der Waals surface area (Å²) in [5, 5.41) is 0. The molecule has 0 N–H and O–H groups in total. The van der Waals surface area contributed by atoms with Gasteiger partial charge in [-0.2, -0.15) is 0 Å². The monoisotopic (exact) mass is 224 g/mol. The molecule has 0 bridgehead atoms. The minimum Gasteiger partial charge on any atom is -0.468 e. The topological polar surface area (TPSA) is 30.2 Å². The van der Waals surface area contributed by atoms with Crippen molar-refractivity contribution in [2.75, 3.05) is 0 Å². The molecule has 0 amide bonds. The maximum atomic E-state index is 10.5. The van der Waals surface area contributed by atoms with Gasteiger partial charge in [0.2, 0.25) is 0 Å². The van der Waals surface area contributed by atoms with Gasteiger partial charge < -0.3 is 4.42 Å². The molecule has 0 aliphatic carbocycles. The second-order valence-corrected chi connectivity index (χ2v) is 5.18. The Kier molecular flexibility index (Phi) is 2.74. The van der Waals surface area contributed by atoms with Crippen molar-refractivity contribution >= 4 is 29.4 Å². The lowest BCUT2D eigenvalue weighted by atomic mass is 10.5. The third-order valence-electron chi connectivity index (χ3n) is 1.74. The Labute approximate surface area is 89.9 Å². The summed E-state index contributed by atoms with van der Waals surface area (Å²) in [5.74, 6) is 0.913. The lowest BCUT2D eigenvalue weighted by Gasteiger charge is -1.93. The lowest BCUT2D eigenvalue weighted by Crippen LogP contribution is -1.67. The molecule has 0 saturated carbocycles. The third-order valence-corrected chi connectivity index (χ3v) is 4.03. The largest absolute Gasteiger partial charge is 0.468 e. The van der Waals surface area contributed by atoms with E-state index in [0.29, 0.717) is 0 Å². The van der Waals surface area contributed by atoms with E-state index in [1.165, 1.54) is 11.3 Å². The highest BCUT2D eigenvalue weighted by molar-refractivity contribution is 8.01. The van der Waals surface area contributed by atoms with E-state index >= 15 is 0 Å². The number of thiophene rings is 1. The summed E-state index contributed by atoms with van der Waals surface area (Å²) in [6, 6.07) is 5.71. The Hall–Kier alpha value is -1.00. The molecule has 2 aromatic heterocycles. The summed E-state index contributed by atoms with van der Waals surface area (Å²) in [6.45, 7) is 1.93. The maximum Gasteiger partial charge on any atom is 0.160 e. The van der Waals surface area contributed by atoms with Gasteiger partial charge in [0, 0.05) is 0 Å². The van der Waals surface area contributed by atoms with Gasteiger partial charge in [0.1, 0.15) is 5.76 Å². The number of hydrogen-bond donors (Lipinski definition) is 0. The van der Waals surface area contributed by atoms with Gasteiger partial charge in [-0.1, -0.05) is 11.8 Å². The van der Waals surface area contributed by atoms with E-state index < -0.39 is 0 Å². The zero-order chi connectivity index (χ0) is 9.97. The standard InChI is InChI=1S/C10H8O2S2/c1-7-9(4-5-12-7)14-10-3-2-8(6-11)13-10/h2-6H,1H3. The van der Waals surface area contributed by atoms with Crippen LogP contribution in [0.2, 0.25) is 0 Å². The summed E-state index contributed by atoms with van der Waals surface area (Å²) < 4.78 is 6.29. The van der Waals surface area contributed by atoms with Crippen molar-refractivity contribution in [1.82, 2.24) is 0 Å². The van der Waals surface area contributed by atoms with Crippen LogP contribution in [0.15, 0.2) is 38.0 Å². The van der Waals surface area contributed by atoms with Crippen molar-refractivity contribution in [2.45, 2.75) is 16.0 Å². The molecule has 2 rings (SSSR count). The molecule has 0 aliphatic heterocycles. The molecule has 2 heterocycles. The molecule has 0 aromatic carbocycles. The summed E-state index contributed by atoms with van der Waals surface area (Å²) >= 11 is 3.12. The molecular weight excluding hydrogens is 216 g/mol. The van der Waals surface area contributed by atoms with Gasteiger partial charge >= 0.3 is 0 Å². The minimum absolute atomic E-state index is 0.758. The predicted molar refractivity (Wildman–Crippen MR) is 57.3 cm³/mol. The molecular formula is C10H8O2S2. The van der Waals surface area contributed by atoms with Gasteiger partial charge in [0.15, 0.2) is 6.29 Å². The smallest absolute Gasteiger partial charge is 0.160 e. The normalized spacial score (nSPS) is 10.4. The fraction of sp³-hybridized carbons (Fsp3) is 0.100. The van der Waals surface area contributed by atoms with Crippen LogP contribution in [-0.2, 0) is 0 Å². The molecule has 2 nitrogen and oxygen atoms in total. The maximum absolute atomic E-state index is 10.5. The number of hydrogen-bond acceptors (Lipinski definition) is 4. The van der Waals surface area contributed by atoms with E-state index in [1.807, 2.05) is 25.1 Å². The Balaban J connectivity index is 2.18. The van der Waals surface area contributed by atoms with Crippen LogP contribution in [0.5, 0.6) is 0 Å². The Morgan fingerprint density at radius 2 is 2.29 bits per heavy atom. The molecule has 0 radical (unpaired) electrons. The fourth-order valence-corrected chi connectivity index (χ4v) is 2.99. The molecule has 72 valence electrons. The first-order valence-corrected chi connectivity index (χ1v) is 5.70. The van der Waals surface area contributed by atoms with E-state index in [1.54, 1.807) is 18.0 Å². The number of carbonyl (C=O) groups is 1. The van der Waals surface area contributed by atoms with Crippen LogP contribution < -0.4 is 0 Å². The lowest BCUT2D eigenvalue weighted by molar-refractivity contribution is 0.112. The van der Waals surface area contributed by atoms with Crippen molar-refractivity contribution in [1.29, 1.82) is 0 Å². The first-order valence-electron chi connectivity index (χ1n) is 4.06. The average molecular weight is 224 g/mol. The third kappa shape index (κ3) is 1.91. The van der Waals surface area contributed by atoms with Crippen LogP contribution in [0, 0.1) is 6.92 Å². The minimum atomic E-state index is 0.758. The Morgan fingerprint density at radius 3 is 2.86 bits per heavy atom. The fourth-order valence-electron chi connectivity index (χ4n) is 1.04.